The van der Waals surface area contributed by atoms with Gasteiger partial charge >= 0.3 is 35.8 Å². The zero-order valence-corrected chi connectivity index (χ0v) is 98.0. The highest BCUT2D eigenvalue weighted by Gasteiger charge is 2.26. The van der Waals surface area contributed by atoms with E-state index in [1.807, 2.05) is 0 Å². The van der Waals surface area contributed by atoms with E-state index < -0.39 is 110 Å². The molecule has 0 heterocycles. The molecule has 0 aliphatic rings. The molecule has 0 rings (SSSR count). The average molecular weight is 2140 g/mol. The number of esters is 6. The third-order valence-electron chi connectivity index (χ3n) is 26.5. The molecule has 28 heteroatoms. The fourth-order valence-corrected chi connectivity index (χ4v) is 18.9. The van der Waals surface area contributed by atoms with Crippen LogP contribution < -0.4 is 14.7 Å². The lowest BCUT2D eigenvalue weighted by atomic mass is 10.0. The summed E-state index contributed by atoms with van der Waals surface area (Å²) in [5.74, 6) is -2.57. The summed E-state index contributed by atoms with van der Waals surface area (Å²) in [5, 5.41) is 19.2. The lowest BCUT2D eigenvalue weighted by molar-refractivity contribution is -0.231. The fourth-order valence-electron chi connectivity index (χ4n) is 16.9. The number of phosphoric ester groups is 2. The number of aliphatic hydroxyl groups is 2. The average Bonchev–Trinajstić information content (AvgIpc) is 0.900. The van der Waals surface area contributed by atoms with Crippen molar-refractivity contribution in [1.29, 1.82) is 0 Å². The summed E-state index contributed by atoms with van der Waals surface area (Å²) in [6, 6.07) is 0. The summed E-state index contributed by atoms with van der Waals surface area (Å²) < 4.78 is 92.4. The molecule has 0 saturated heterocycles. The first kappa shape index (κ1) is 147. The Bertz CT molecular complexity index is 3050. The quantitative estimate of drug-likeness (QED) is 0.0188. The molecule has 0 saturated carbocycles. The van der Waals surface area contributed by atoms with E-state index in [4.69, 9.17) is 51.0 Å². The highest BCUT2D eigenvalue weighted by molar-refractivity contribution is 7.50. The van der Waals surface area contributed by atoms with E-state index in [9.17, 15) is 67.4 Å². The van der Waals surface area contributed by atoms with E-state index >= 15 is 0 Å². The summed E-state index contributed by atoms with van der Waals surface area (Å²) in [6.07, 6.45) is 99.9. The van der Waals surface area contributed by atoms with Crippen LogP contribution >= 0.6 is 23.2 Å². The minimum Gasteiger partial charge on any atom is -0.779 e. The molecule has 146 heavy (non-hydrogen) atoms. The maximum absolute atomic E-state index is 12.6. The number of hydrogen-bond donors (Lipinski definition) is 2. The number of rotatable bonds is 112. The Hall–Kier alpha value is -3.41. The van der Waals surface area contributed by atoms with Gasteiger partial charge in [-0.05, 0) is 103 Å². The maximum Gasteiger partial charge on any atom is 0.306 e. The predicted octanol–water partition coefficient (Wildman–Crippen LogP) is 33.1. The molecule has 866 valence electrons. The SMILES string of the molecule is CCCCCCCC/C=C\CCCCCCCC(=O)OC[C@H](COP(=O)([O-])OCC(O)CC)OC(=O)CCCCCCC/C=C\CCCCCCCC.CCCCCCCCCCCCCCCC(=O)OC[C@H](COP(=O)([O-])OCC(O)CC)OC(=O)CCCCCCCCCCCCCCC.CCCCCCCCCCCCCCCC(=O)OC[C@H](COP(C)(=O)[O-])OC(=O)CCCCCCCCCCCCCCC. The maximum atomic E-state index is 12.6. The summed E-state index contributed by atoms with van der Waals surface area (Å²) in [4.78, 5) is 110. The Labute approximate surface area is 894 Å². The van der Waals surface area contributed by atoms with Gasteiger partial charge in [-0.15, -0.1) is 0 Å². The molecule has 0 fully saturated rings. The van der Waals surface area contributed by atoms with Gasteiger partial charge in [0.05, 0.1) is 45.2 Å². The van der Waals surface area contributed by atoms with E-state index in [-0.39, 0.29) is 64.5 Å². The van der Waals surface area contributed by atoms with Crippen LogP contribution in [0.4, 0.5) is 0 Å². The van der Waals surface area contributed by atoms with Gasteiger partial charge in [-0.1, -0.05) is 491 Å². The number of hydrogen-bond acceptors (Lipinski definition) is 25. The number of carbonyl (C=O) groups excluding carboxylic acids is 6. The molecule has 5 unspecified atom stereocenters. The molecule has 8 atom stereocenters. The van der Waals surface area contributed by atoms with Crippen LogP contribution in [0.1, 0.15) is 608 Å². The number of carbonyl (C=O) groups is 6. The molecule has 2 N–H and O–H groups in total. The van der Waals surface area contributed by atoms with Crippen LogP contribution in [0.3, 0.4) is 0 Å². The van der Waals surface area contributed by atoms with Crippen molar-refractivity contribution in [2.75, 3.05) is 59.5 Å². The number of aliphatic hydroxyl groups excluding tert-OH is 2. The van der Waals surface area contributed by atoms with E-state index in [0.29, 0.717) is 38.5 Å². The van der Waals surface area contributed by atoms with Crippen LogP contribution in [0.2, 0.25) is 0 Å². The molecular weight excluding hydrogens is 1910 g/mol. The standard InChI is InChI=1S/C43H81O9P.C39H77O9P.C36H71O7P/c1-4-7-9-11-13-15-17-19-21-23-25-27-29-31-33-35-42(45)49-38-41(39-51-53(47,48)50-37-40(44)6-3)52-43(46)36-34-32-30-28-26-24-22-20-18-16-14-12-10-8-5-2;1-4-7-9-11-13-15-17-19-21-23-25-27-29-31-38(41)45-34-37(35-47-49(43,44)46-33-36(40)6-3)48-39(42)32-30-28-26-24-22-20-18-16-14-12-10-8-5-2;1-4-6-8-10-12-14-16-18-20-22-24-26-28-30-35(37)41-32-34(33-42-44(3,39)40)43-36(38)31-29-27-25-23-21-19-17-15-13-11-9-7-5-2/h19-22,40-41,44H,4-18,23-39H2,1-3H3,(H,47,48);36-37,40H,4-35H2,1-3H3,(H,43,44);34H,4-33H2,1-3H3,(H,39,40)/p-3/b21-19-,22-20-;;/t40?,41-;36?,37-;34-/m111/s1. The van der Waals surface area contributed by atoms with Crippen LogP contribution in [0, 0.1) is 0 Å². The van der Waals surface area contributed by atoms with Gasteiger partial charge in [0.25, 0.3) is 15.6 Å². The van der Waals surface area contributed by atoms with Crippen LogP contribution in [0.25, 0.3) is 0 Å². The predicted molar refractivity (Wildman–Crippen MR) is 594 cm³/mol. The van der Waals surface area contributed by atoms with Crippen LogP contribution in [-0.4, -0.2) is 136 Å². The minimum atomic E-state index is -4.75. The smallest absolute Gasteiger partial charge is 0.306 e. The second-order valence-electron chi connectivity index (χ2n) is 41.3. The number of allylic oxidation sites excluding steroid dienone is 4. The first-order valence-corrected chi connectivity index (χ1v) is 65.5. The summed E-state index contributed by atoms with van der Waals surface area (Å²) in [6.45, 7) is 14.8. The summed E-state index contributed by atoms with van der Waals surface area (Å²) in [7, 11) is -13.5. The minimum absolute atomic E-state index is 0.186. The van der Waals surface area contributed by atoms with Crippen molar-refractivity contribution in [3.63, 3.8) is 0 Å². The molecule has 0 radical (unpaired) electrons. The third kappa shape index (κ3) is 119. The monoisotopic (exact) mass is 2140 g/mol. The van der Waals surface area contributed by atoms with Gasteiger partial charge in [0.1, 0.15) is 27.4 Å². The Balaban J connectivity index is -0.00000211. The second-order valence-corrected chi connectivity index (χ2v) is 45.9. The largest absolute Gasteiger partial charge is 0.779 e. The molecule has 0 aromatic rings. The van der Waals surface area contributed by atoms with E-state index in [0.717, 1.165) is 148 Å². The van der Waals surface area contributed by atoms with Crippen molar-refractivity contribution in [3.05, 3.63) is 24.3 Å². The molecule has 0 aromatic heterocycles. The molecule has 0 aliphatic carbocycles. The normalized spacial score (nSPS) is 13.9. The van der Waals surface area contributed by atoms with Crippen molar-refractivity contribution in [1.82, 2.24) is 0 Å². The van der Waals surface area contributed by atoms with Gasteiger partial charge in [-0.3, -0.25) is 37.9 Å². The van der Waals surface area contributed by atoms with E-state index in [1.54, 1.807) is 13.8 Å². The third-order valence-corrected chi connectivity index (χ3v) is 29.0. The highest BCUT2D eigenvalue weighted by Crippen LogP contribution is 2.40. The van der Waals surface area contributed by atoms with Crippen LogP contribution in [-0.2, 0) is 93.5 Å². The van der Waals surface area contributed by atoms with Crippen molar-refractivity contribution >= 4 is 59.1 Å². The van der Waals surface area contributed by atoms with Crippen LogP contribution in [0.5, 0.6) is 0 Å². The summed E-state index contributed by atoms with van der Waals surface area (Å²) in [5.41, 5.74) is 0. The Kier molecular flexibility index (Phi) is 115. The molecule has 0 aliphatic heterocycles. The van der Waals surface area contributed by atoms with Gasteiger partial charge in [0.15, 0.2) is 18.3 Å². The first-order valence-electron chi connectivity index (χ1n) is 60.6. The second kappa shape index (κ2) is 114. The zero-order chi connectivity index (χ0) is 108. The number of unbranched alkanes of at least 4 members (excludes halogenated alkanes) is 70. The Morgan fingerprint density at radius 3 is 0.534 bits per heavy atom. The molecule has 25 nitrogen and oxygen atoms in total. The van der Waals surface area contributed by atoms with Gasteiger partial charge in [0.2, 0.25) is 0 Å². The van der Waals surface area contributed by atoms with Crippen molar-refractivity contribution in [3.8, 4) is 0 Å². The van der Waals surface area contributed by atoms with Gasteiger partial charge in [-0.25, -0.2) is 0 Å². The molecule has 0 bridgehead atoms. The van der Waals surface area contributed by atoms with E-state index in [2.05, 4.69) is 65.8 Å². The number of phosphoric acid groups is 2. The molecule has 0 aromatic carbocycles. The summed E-state index contributed by atoms with van der Waals surface area (Å²) >= 11 is 0. The lowest BCUT2D eigenvalue weighted by Gasteiger charge is -2.26. The van der Waals surface area contributed by atoms with E-state index in [1.165, 1.54) is 340 Å². The van der Waals surface area contributed by atoms with Crippen molar-refractivity contribution in [2.24, 2.45) is 0 Å². The topological polar surface area (TPSA) is 365 Å². The number of ether oxygens (including phenoxy) is 6. The van der Waals surface area contributed by atoms with Crippen LogP contribution in [0.15, 0.2) is 24.3 Å². The lowest BCUT2D eigenvalue weighted by Crippen LogP contribution is -2.30. The van der Waals surface area contributed by atoms with Crippen molar-refractivity contribution in [2.45, 2.75) is 638 Å². The molecular formula is C118H226O25P3-3. The molecule has 0 amide bonds. The molecule has 0 spiro atoms. The van der Waals surface area contributed by atoms with Gasteiger partial charge in [0, 0.05) is 45.2 Å². The Morgan fingerprint density at radius 2 is 0.363 bits per heavy atom. The van der Waals surface area contributed by atoms with Crippen molar-refractivity contribution < 1.29 is 118 Å². The first-order chi connectivity index (χ1) is 70.7. The highest BCUT2D eigenvalue weighted by atomic mass is 31.2. The Morgan fingerprint density at radius 1 is 0.212 bits per heavy atom. The zero-order valence-electron chi connectivity index (χ0n) is 95.3. The van der Waals surface area contributed by atoms with Gasteiger partial charge < -0.3 is 80.5 Å². The van der Waals surface area contributed by atoms with Gasteiger partial charge in [-0.2, -0.15) is 0 Å². The fraction of sp³-hybridized carbons (Fsp3) is 0.915.